The van der Waals surface area contributed by atoms with Crippen LogP contribution in [0.4, 0.5) is 4.79 Å². The molecule has 1 aromatic rings. The van der Waals surface area contributed by atoms with Crippen molar-refractivity contribution in [1.29, 1.82) is 0 Å². The molecule has 1 aromatic carbocycles. The van der Waals surface area contributed by atoms with Crippen LogP contribution < -0.4 is 20.9 Å². The van der Waals surface area contributed by atoms with E-state index in [1.165, 1.54) is 6.42 Å². The van der Waals surface area contributed by atoms with Gasteiger partial charge in [-0.2, -0.15) is 0 Å². The Labute approximate surface area is 149 Å². The molecule has 0 heterocycles. The van der Waals surface area contributed by atoms with Gasteiger partial charge in [0.1, 0.15) is 5.75 Å². The highest BCUT2D eigenvalue weighted by Crippen LogP contribution is 2.28. The number of benzene rings is 1. The van der Waals surface area contributed by atoms with Crippen LogP contribution in [-0.2, 0) is 4.79 Å². The highest BCUT2D eigenvalue weighted by molar-refractivity contribution is 5.82. The van der Waals surface area contributed by atoms with Crippen LogP contribution in [0.1, 0.15) is 63.9 Å². The van der Waals surface area contributed by atoms with Gasteiger partial charge in [-0.05, 0) is 36.8 Å². The van der Waals surface area contributed by atoms with Crippen molar-refractivity contribution in [3.8, 4) is 5.75 Å². The third kappa shape index (κ3) is 6.29. The van der Waals surface area contributed by atoms with E-state index in [1.807, 2.05) is 24.3 Å². The van der Waals surface area contributed by atoms with E-state index in [1.54, 1.807) is 0 Å². The normalized spacial score (nSPS) is 15.9. The summed E-state index contributed by atoms with van der Waals surface area (Å²) in [7, 11) is 0. The second-order valence-corrected chi connectivity index (χ2v) is 6.62. The molecule has 6 heteroatoms. The molecule has 0 spiro atoms. The Kier molecular flexibility index (Phi) is 7.57. The van der Waals surface area contributed by atoms with Gasteiger partial charge in [0.15, 0.2) is 6.61 Å². The second-order valence-electron chi connectivity index (χ2n) is 6.62. The number of carbonyl (C=O) groups is 2. The molecule has 138 valence electrons. The van der Waals surface area contributed by atoms with E-state index in [2.05, 4.69) is 30.0 Å². The Hall–Kier alpha value is -2.24. The highest BCUT2D eigenvalue weighted by atomic mass is 16.5. The predicted molar refractivity (Wildman–Crippen MR) is 97.3 cm³/mol. The quantitative estimate of drug-likeness (QED) is 0.691. The Morgan fingerprint density at radius 1 is 1.16 bits per heavy atom. The lowest BCUT2D eigenvalue weighted by Crippen LogP contribution is -2.51. The second kappa shape index (κ2) is 9.91. The fourth-order valence-electron chi connectivity index (χ4n) is 3.01. The lowest BCUT2D eigenvalue weighted by Gasteiger charge is -2.22. The van der Waals surface area contributed by atoms with E-state index in [4.69, 9.17) is 4.74 Å². The average Bonchev–Trinajstić information content (AvgIpc) is 2.65. The van der Waals surface area contributed by atoms with Crippen LogP contribution in [0.3, 0.4) is 0 Å². The summed E-state index contributed by atoms with van der Waals surface area (Å²) < 4.78 is 5.62. The maximum atomic E-state index is 11.9. The van der Waals surface area contributed by atoms with Gasteiger partial charge in [-0.3, -0.25) is 10.2 Å². The van der Waals surface area contributed by atoms with Gasteiger partial charge in [-0.1, -0.05) is 51.3 Å². The van der Waals surface area contributed by atoms with Crippen LogP contribution in [0.2, 0.25) is 0 Å². The van der Waals surface area contributed by atoms with E-state index < -0.39 is 5.91 Å². The molecule has 25 heavy (non-hydrogen) atoms. The molecule has 3 amide bonds. The maximum Gasteiger partial charge on any atom is 0.333 e. The number of hydrazine groups is 1. The molecule has 1 fully saturated rings. The predicted octanol–water partition coefficient (Wildman–Crippen LogP) is 3.24. The molecular formula is C19H29N3O3. The van der Waals surface area contributed by atoms with Gasteiger partial charge in [-0.25, -0.2) is 10.2 Å². The number of amides is 3. The molecule has 1 aliphatic rings. The first-order chi connectivity index (χ1) is 12.1. The number of hydrogen-bond donors (Lipinski definition) is 3. The minimum Gasteiger partial charge on any atom is -0.483 e. The number of para-hydroxylation sites is 1. The Bertz CT molecular complexity index is 571. The Balaban J connectivity index is 1.73. The summed E-state index contributed by atoms with van der Waals surface area (Å²) in [4.78, 5) is 23.7. The minimum absolute atomic E-state index is 0.142. The van der Waals surface area contributed by atoms with E-state index >= 15 is 0 Å². The summed E-state index contributed by atoms with van der Waals surface area (Å²) in [6.07, 6.45) is 6.50. The van der Waals surface area contributed by atoms with Gasteiger partial charge in [0.25, 0.3) is 5.91 Å². The first-order valence-electron chi connectivity index (χ1n) is 9.17. The summed E-state index contributed by atoms with van der Waals surface area (Å²) in [5, 5.41) is 2.87. The lowest BCUT2D eigenvalue weighted by molar-refractivity contribution is -0.123. The summed E-state index contributed by atoms with van der Waals surface area (Å²) in [5.74, 6) is 0.676. The van der Waals surface area contributed by atoms with Crippen LogP contribution >= 0.6 is 0 Å². The lowest BCUT2D eigenvalue weighted by atomic mass is 9.96. The van der Waals surface area contributed by atoms with Crippen LogP contribution in [0.5, 0.6) is 5.75 Å². The minimum atomic E-state index is -0.391. The maximum absolute atomic E-state index is 11.9. The standard InChI is InChI=1S/C19H29N3O3/c1-3-14(2)16-11-7-8-12-17(16)25-13-18(23)21-22-19(24)20-15-9-5-4-6-10-15/h7-8,11-12,14-15H,3-6,9-10,13H2,1-2H3,(H,21,23)(H2,20,22,24)/t14-/m0/s1. The van der Waals surface area contributed by atoms with Crippen molar-refractivity contribution in [2.75, 3.05) is 6.61 Å². The van der Waals surface area contributed by atoms with Crippen molar-refractivity contribution in [2.24, 2.45) is 0 Å². The first kappa shape index (κ1) is 19.1. The zero-order valence-corrected chi connectivity index (χ0v) is 15.1. The third-order valence-electron chi connectivity index (χ3n) is 4.68. The summed E-state index contributed by atoms with van der Waals surface area (Å²) in [6, 6.07) is 7.54. The van der Waals surface area contributed by atoms with Crippen molar-refractivity contribution >= 4 is 11.9 Å². The van der Waals surface area contributed by atoms with Crippen molar-refractivity contribution in [1.82, 2.24) is 16.2 Å². The largest absolute Gasteiger partial charge is 0.483 e. The molecule has 0 radical (unpaired) electrons. The Morgan fingerprint density at radius 2 is 1.88 bits per heavy atom. The zero-order chi connectivity index (χ0) is 18.1. The molecule has 6 nitrogen and oxygen atoms in total. The fraction of sp³-hybridized carbons (Fsp3) is 0.579. The Morgan fingerprint density at radius 3 is 2.60 bits per heavy atom. The number of hydrogen-bond acceptors (Lipinski definition) is 3. The average molecular weight is 347 g/mol. The summed E-state index contributed by atoms with van der Waals surface area (Å²) in [6.45, 7) is 4.10. The molecule has 0 bridgehead atoms. The molecule has 1 atom stereocenters. The van der Waals surface area contributed by atoms with Crippen LogP contribution in [-0.4, -0.2) is 24.6 Å². The van der Waals surface area contributed by atoms with Gasteiger partial charge in [0.2, 0.25) is 0 Å². The SMILES string of the molecule is CC[C@H](C)c1ccccc1OCC(=O)NNC(=O)NC1CCCCC1. The monoisotopic (exact) mass is 347 g/mol. The zero-order valence-electron chi connectivity index (χ0n) is 15.1. The van der Waals surface area contributed by atoms with Crippen LogP contribution in [0, 0.1) is 0 Å². The van der Waals surface area contributed by atoms with Gasteiger partial charge in [-0.15, -0.1) is 0 Å². The van der Waals surface area contributed by atoms with Crippen molar-refractivity contribution < 1.29 is 14.3 Å². The summed E-state index contributed by atoms with van der Waals surface area (Å²) >= 11 is 0. The van der Waals surface area contributed by atoms with Crippen molar-refractivity contribution in [3.05, 3.63) is 29.8 Å². The van der Waals surface area contributed by atoms with E-state index in [-0.39, 0.29) is 18.7 Å². The highest BCUT2D eigenvalue weighted by Gasteiger charge is 2.16. The van der Waals surface area contributed by atoms with Crippen molar-refractivity contribution in [2.45, 2.75) is 64.3 Å². The van der Waals surface area contributed by atoms with Crippen LogP contribution in [0.25, 0.3) is 0 Å². The number of nitrogens with one attached hydrogen (secondary N) is 3. The molecule has 0 unspecified atom stereocenters. The molecule has 2 rings (SSSR count). The molecule has 0 aromatic heterocycles. The van der Waals surface area contributed by atoms with Gasteiger partial charge >= 0.3 is 6.03 Å². The molecule has 3 N–H and O–H groups in total. The van der Waals surface area contributed by atoms with E-state index in [9.17, 15) is 9.59 Å². The van der Waals surface area contributed by atoms with Gasteiger partial charge in [0, 0.05) is 6.04 Å². The fourth-order valence-corrected chi connectivity index (χ4v) is 3.01. The summed E-state index contributed by atoms with van der Waals surface area (Å²) in [5.41, 5.74) is 5.85. The molecule has 0 saturated heterocycles. The first-order valence-corrected chi connectivity index (χ1v) is 9.17. The molecular weight excluding hydrogens is 318 g/mol. The molecule has 1 saturated carbocycles. The topological polar surface area (TPSA) is 79.5 Å². The number of rotatable bonds is 6. The molecule has 0 aliphatic heterocycles. The smallest absolute Gasteiger partial charge is 0.333 e. The number of urea groups is 1. The van der Waals surface area contributed by atoms with E-state index in [0.717, 1.165) is 37.7 Å². The molecule has 1 aliphatic carbocycles. The van der Waals surface area contributed by atoms with E-state index in [0.29, 0.717) is 11.7 Å². The van der Waals surface area contributed by atoms with Gasteiger partial charge < -0.3 is 10.1 Å². The number of carbonyl (C=O) groups excluding carboxylic acids is 2. The number of ether oxygens (including phenoxy) is 1. The van der Waals surface area contributed by atoms with Gasteiger partial charge in [0.05, 0.1) is 0 Å². The van der Waals surface area contributed by atoms with Crippen molar-refractivity contribution in [3.63, 3.8) is 0 Å². The third-order valence-corrected chi connectivity index (χ3v) is 4.68. The van der Waals surface area contributed by atoms with Crippen LogP contribution in [0.15, 0.2) is 24.3 Å².